The maximum atomic E-state index is 9.62. The van der Waals surface area contributed by atoms with E-state index in [0.717, 1.165) is 36.7 Å². The zero-order chi connectivity index (χ0) is 17.4. The Balaban J connectivity index is 1.90. The van der Waals surface area contributed by atoms with Crippen molar-refractivity contribution in [3.63, 3.8) is 0 Å². The van der Waals surface area contributed by atoms with E-state index in [2.05, 4.69) is 20.7 Å². The summed E-state index contributed by atoms with van der Waals surface area (Å²) in [6.45, 7) is 4.13. The van der Waals surface area contributed by atoms with Crippen molar-refractivity contribution < 1.29 is 9.84 Å². The number of guanidine groups is 1. The number of ether oxygens (including phenoxy) is 1. The van der Waals surface area contributed by atoms with Gasteiger partial charge in [-0.25, -0.2) is 4.99 Å². The standard InChI is InChI=1S/C17H25N5O2/c1-4-18-17(20-12-14-8-10-21-22(14)2)19-9-7-13-5-6-15(23)16(11-13)24-3/h5-6,8,10-11,23H,4,7,9,12H2,1-3H3,(H2,18,19,20). The first-order chi connectivity index (χ1) is 11.6. The van der Waals surface area contributed by atoms with E-state index in [4.69, 9.17) is 4.74 Å². The third-order valence-electron chi connectivity index (χ3n) is 3.62. The Kier molecular flexibility index (Phi) is 6.48. The molecule has 0 aliphatic carbocycles. The lowest BCUT2D eigenvalue weighted by atomic mass is 10.1. The van der Waals surface area contributed by atoms with Crippen LogP contribution >= 0.6 is 0 Å². The van der Waals surface area contributed by atoms with Crippen molar-refractivity contribution in [3.8, 4) is 11.5 Å². The molecule has 7 nitrogen and oxygen atoms in total. The zero-order valence-electron chi connectivity index (χ0n) is 14.4. The summed E-state index contributed by atoms with van der Waals surface area (Å²) in [5.74, 6) is 1.41. The largest absolute Gasteiger partial charge is 0.504 e. The molecule has 130 valence electrons. The van der Waals surface area contributed by atoms with Crippen LogP contribution in [0.3, 0.4) is 0 Å². The lowest BCUT2D eigenvalue weighted by Gasteiger charge is -2.12. The third-order valence-corrected chi connectivity index (χ3v) is 3.62. The highest BCUT2D eigenvalue weighted by Gasteiger charge is 2.04. The Morgan fingerprint density at radius 1 is 1.33 bits per heavy atom. The number of nitrogens with zero attached hydrogens (tertiary/aromatic N) is 3. The van der Waals surface area contributed by atoms with Gasteiger partial charge >= 0.3 is 0 Å². The second-order valence-electron chi connectivity index (χ2n) is 5.32. The number of phenolic OH excluding ortho intramolecular Hbond substituents is 1. The van der Waals surface area contributed by atoms with Crippen molar-refractivity contribution in [2.24, 2.45) is 12.0 Å². The van der Waals surface area contributed by atoms with Gasteiger partial charge in [0.1, 0.15) is 0 Å². The fraction of sp³-hybridized carbons (Fsp3) is 0.412. The van der Waals surface area contributed by atoms with E-state index in [9.17, 15) is 5.11 Å². The normalized spacial score (nSPS) is 11.4. The molecule has 24 heavy (non-hydrogen) atoms. The summed E-state index contributed by atoms with van der Waals surface area (Å²) in [6.07, 6.45) is 2.57. The summed E-state index contributed by atoms with van der Waals surface area (Å²) in [7, 11) is 3.45. The summed E-state index contributed by atoms with van der Waals surface area (Å²) >= 11 is 0. The predicted molar refractivity (Wildman–Crippen MR) is 94.4 cm³/mol. The molecule has 0 spiro atoms. The van der Waals surface area contributed by atoms with E-state index in [1.807, 2.05) is 36.9 Å². The lowest BCUT2D eigenvalue weighted by Crippen LogP contribution is -2.38. The number of hydrogen-bond donors (Lipinski definition) is 3. The summed E-state index contributed by atoms with van der Waals surface area (Å²) in [5.41, 5.74) is 2.13. The Labute approximate surface area is 142 Å². The number of methoxy groups -OCH3 is 1. The minimum Gasteiger partial charge on any atom is -0.504 e. The van der Waals surface area contributed by atoms with Crippen molar-refractivity contribution in [1.29, 1.82) is 0 Å². The van der Waals surface area contributed by atoms with Gasteiger partial charge in [0.25, 0.3) is 0 Å². The van der Waals surface area contributed by atoms with Crippen LogP contribution in [0.15, 0.2) is 35.5 Å². The van der Waals surface area contributed by atoms with Crippen molar-refractivity contribution in [1.82, 2.24) is 20.4 Å². The number of aromatic hydroxyl groups is 1. The molecule has 0 aliphatic heterocycles. The molecule has 0 fully saturated rings. The third kappa shape index (κ3) is 4.91. The fourth-order valence-corrected chi connectivity index (χ4v) is 2.26. The van der Waals surface area contributed by atoms with Gasteiger partial charge in [0.15, 0.2) is 17.5 Å². The summed E-state index contributed by atoms with van der Waals surface area (Å²) in [5, 5.41) is 20.3. The average molecular weight is 331 g/mol. The van der Waals surface area contributed by atoms with Crippen LogP contribution in [-0.4, -0.2) is 41.0 Å². The van der Waals surface area contributed by atoms with Gasteiger partial charge in [-0.2, -0.15) is 5.10 Å². The predicted octanol–water partition coefficient (Wildman–Crippen LogP) is 1.43. The van der Waals surface area contributed by atoms with Crippen LogP contribution in [0.1, 0.15) is 18.2 Å². The molecule has 0 bridgehead atoms. The van der Waals surface area contributed by atoms with Gasteiger partial charge in [-0.1, -0.05) is 6.07 Å². The highest BCUT2D eigenvalue weighted by molar-refractivity contribution is 5.79. The van der Waals surface area contributed by atoms with Gasteiger partial charge in [-0.05, 0) is 37.1 Å². The first-order valence-electron chi connectivity index (χ1n) is 7.99. The summed E-state index contributed by atoms with van der Waals surface area (Å²) in [4.78, 5) is 4.56. The van der Waals surface area contributed by atoms with E-state index < -0.39 is 0 Å². The van der Waals surface area contributed by atoms with Gasteiger partial charge in [0.05, 0.1) is 19.3 Å². The number of nitrogens with one attached hydrogen (secondary N) is 2. The highest BCUT2D eigenvalue weighted by atomic mass is 16.5. The van der Waals surface area contributed by atoms with Crippen molar-refractivity contribution >= 4 is 5.96 Å². The topological polar surface area (TPSA) is 83.7 Å². The van der Waals surface area contributed by atoms with Crippen LogP contribution in [0.2, 0.25) is 0 Å². The molecule has 0 saturated heterocycles. The van der Waals surface area contributed by atoms with Crippen molar-refractivity contribution in [3.05, 3.63) is 41.7 Å². The molecule has 0 amide bonds. The zero-order valence-corrected chi connectivity index (χ0v) is 14.4. The van der Waals surface area contributed by atoms with Crippen molar-refractivity contribution in [2.75, 3.05) is 20.2 Å². The molecule has 1 aromatic heterocycles. The molecule has 7 heteroatoms. The van der Waals surface area contributed by atoms with Crippen LogP contribution in [0.4, 0.5) is 0 Å². The van der Waals surface area contributed by atoms with E-state index in [1.54, 1.807) is 19.4 Å². The quantitative estimate of drug-likeness (QED) is 0.528. The minimum atomic E-state index is 0.153. The second-order valence-corrected chi connectivity index (χ2v) is 5.32. The molecule has 0 atom stereocenters. The molecular weight excluding hydrogens is 306 g/mol. The molecule has 2 rings (SSSR count). The molecule has 3 N–H and O–H groups in total. The van der Waals surface area contributed by atoms with Gasteiger partial charge in [-0.15, -0.1) is 0 Å². The van der Waals surface area contributed by atoms with Crippen LogP contribution in [0.5, 0.6) is 11.5 Å². The molecule has 0 aliphatic rings. The lowest BCUT2D eigenvalue weighted by molar-refractivity contribution is 0.373. The number of rotatable bonds is 7. The Morgan fingerprint density at radius 2 is 2.17 bits per heavy atom. The van der Waals surface area contributed by atoms with Gasteiger partial charge in [0.2, 0.25) is 0 Å². The first-order valence-corrected chi connectivity index (χ1v) is 7.99. The number of aryl methyl sites for hydroxylation is 1. The van der Waals surface area contributed by atoms with E-state index in [-0.39, 0.29) is 5.75 Å². The second kappa shape index (κ2) is 8.81. The number of aromatic nitrogens is 2. The van der Waals surface area contributed by atoms with E-state index >= 15 is 0 Å². The number of phenols is 1. The number of benzene rings is 1. The van der Waals surface area contributed by atoms with E-state index in [0.29, 0.717) is 12.3 Å². The van der Waals surface area contributed by atoms with E-state index in [1.165, 1.54) is 0 Å². The fourth-order valence-electron chi connectivity index (χ4n) is 2.26. The molecule has 0 unspecified atom stereocenters. The Hall–Kier alpha value is -2.70. The summed E-state index contributed by atoms with van der Waals surface area (Å²) < 4.78 is 6.94. The van der Waals surface area contributed by atoms with Gasteiger partial charge in [-0.3, -0.25) is 4.68 Å². The molecule has 0 radical (unpaired) electrons. The highest BCUT2D eigenvalue weighted by Crippen LogP contribution is 2.26. The molecule has 1 aromatic carbocycles. The smallest absolute Gasteiger partial charge is 0.191 e. The Bertz CT molecular complexity index is 681. The number of hydrogen-bond acceptors (Lipinski definition) is 4. The van der Waals surface area contributed by atoms with Crippen LogP contribution in [0, 0.1) is 0 Å². The Morgan fingerprint density at radius 3 is 2.83 bits per heavy atom. The van der Waals surface area contributed by atoms with Crippen LogP contribution in [-0.2, 0) is 20.0 Å². The maximum absolute atomic E-state index is 9.62. The molecule has 0 saturated carbocycles. The first kappa shape index (κ1) is 17.7. The van der Waals surface area contributed by atoms with Crippen molar-refractivity contribution in [2.45, 2.75) is 19.9 Å². The van der Waals surface area contributed by atoms with Crippen LogP contribution < -0.4 is 15.4 Å². The van der Waals surface area contributed by atoms with Crippen LogP contribution in [0.25, 0.3) is 0 Å². The molecular formula is C17H25N5O2. The maximum Gasteiger partial charge on any atom is 0.191 e. The SMILES string of the molecule is CCNC(=NCc1ccnn1C)NCCc1ccc(O)c(OC)c1. The van der Waals surface area contributed by atoms with Gasteiger partial charge in [0, 0.05) is 26.3 Å². The average Bonchev–Trinajstić information content (AvgIpc) is 2.99. The molecule has 2 aromatic rings. The minimum absolute atomic E-state index is 0.153. The monoisotopic (exact) mass is 331 g/mol. The molecule has 1 heterocycles. The number of aliphatic imine (C=N–C) groups is 1. The van der Waals surface area contributed by atoms with Gasteiger partial charge < -0.3 is 20.5 Å². The summed E-state index contributed by atoms with van der Waals surface area (Å²) in [6, 6.07) is 7.33.